The van der Waals surface area contributed by atoms with E-state index >= 15 is 0 Å². The second-order valence-electron chi connectivity index (χ2n) is 9.09. The van der Waals surface area contributed by atoms with Crippen molar-refractivity contribution >= 4 is 34.9 Å². The number of carbonyl (C=O) groups excluding carboxylic acids is 3. The highest BCUT2D eigenvalue weighted by Crippen LogP contribution is 2.40. The van der Waals surface area contributed by atoms with E-state index in [1.807, 2.05) is 30.0 Å². The largest absolute Gasteiger partial charge is 0.486 e. The maximum absolute atomic E-state index is 13.2. The van der Waals surface area contributed by atoms with Gasteiger partial charge in [0.25, 0.3) is 0 Å². The SMILES string of the molecule is Cc1ccc2c(c1)C(=O)CC1(CCN(C(=O)C3CC(=O)N(c4ccc(Cl)cc4)C3)CC1)O2. The van der Waals surface area contributed by atoms with Crippen LogP contribution >= 0.6 is 11.6 Å². The average molecular weight is 453 g/mol. The molecule has 3 heterocycles. The third-order valence-electron chi connectivity index (χ3n) is 6.84. The van der Waals surface area contributed by atoms with Crippen molar-refractivity contribution in [1.29, 1.82) is 0 Å². The Morgan fingerprint density at radius 3 is 2.53 bits per heavy atom. The molecule has 5 rings (SSSR count). The van der Waals surface area contributed by atoms with Gasteiger partial charge in [0.1, 0.15) is 11.4 Å². The number of carbonyl (C=O) groups is 3. The standard InChI is InChI=1S/C25H25ClN2O4/c1-16-2-7-22-20(12-16)21(29)14-25(32-22)8-10-27(11-9-25)24(31)17-13-23(30)28(15-17)19-5-3-18(26)4-6-19/h2-7,12,17H,8-11,13-15H2,1H3. The summed E-state index contributed by atoms with van der Waals surface area (Å²) < 4.78 is 6.31. The van der Waals surface area contributed by atoms with Gasteiger partial charge in [-0.1, -0.05) is 23.2 Å². The van der Waals surface area contributed by atoms with Crippen molar-refractivity contribution in [3.63, 3.8) is 0 Å². The molecule has 0 aromatic heterocycles. The molecule has 166 valence electrons. The Hall–Kier alpha value is -2.86. The van der Waals surface area contributed by atoms with Gasteiger partial charge in [0, 0.05) is 49.6 Å². The van der Waals surface area contributed by atoms with E-state index < -0.39 is 5.60 Å². The van der Waals surface area contributed by atoms with E-state index in [0.29, 0.717) is 55.2 Å². The van der Waals surface area contributed by atoms with Gasteiger partial charge in [0.05, 0.1) is 17.9 Å². The number of nitrogens with zero attached hydrogens (tertiary/aromatic N) is 2. The number of amides is 2. The molecule has 0 radical (unpaired) electrons. The van der Waals surface area contributed by atoms with E-state index in [4.69, 9.17) is 16.3 Å². The molecular weight excluding hydrogens is 428 g/mol. The van der Waals surface area contributed by atoms with Crippen LogP contribution in [-0.4, -0.2) is 47.7 Å². The summed E-state index contributed by atoms with van der Waals surface area (Å²) in [5, 5.41) is 0.608. The van der Waals surface area contributed by atoms with Crippen LogP contribution in [0.3, 0.4) is 0 Å². The molecule has 2 aromatic carbocycles. The van der Waals surface area contributed by atoms with Gasteiger partial charge in [0.2, 0.25) is 11.8 Å². The number of ether oxygens (including phenoxy) is 1. The highest BCUT2D eigenvalue weighted by molar-refractivity contribution is 6.30. The van der Waals surface area contributed by atoms with Gasteiger partial charge in [-0.15, -0.1) is 0 Å². The topological polar surface area (TPSA) is 66.9 Å². The number of likely N-dealkylation sites (tertiary alicyclic amines) is 1. The van der Waals surface area contributed by atoms with E-state index in [1.165, 1.54) is 0 Å². The Morgan fingerprint density at radius 1 is 1.09 bits per heavy atom. The first-order valence-electron chi connectivity index (χ1n) is 11.0. The lowest BCUT2D eigenvalue weighted by atomic mass is 9.82. The number of hydrogen-bond donors (Lipinski definition) is 0. The molecule has 32 heavy (non-hydrogen) atoms. The van der Waals surface area contributed by atoms with Gasteiger partial charge in [-0.3, -0.25) is 14.4 Å². The smallest absolute Gasteiger partial charge is 0.228 e. The Kier molecular flexibility index (Phi) is 5.20. The van der Waals surface area contributed by atoms with Crippen LogP contribution in [0.5, 0.6) is 5.75 Å². The van der Waals surface area contributed by atoms with Crippen molar-refractivity contribution in [2.24, 2.45) is 5.92 Å². The minimum atomic E-state index is -0.545. The molecular formula is C25H25ClN2O4. The van der Waals surface area contributed by atoms with Crippen molar-refractivity contribution in [3.05, 3.63) is 58.6 Å². The monoisotopic (exact) mass is 452 g/mol. The second kappa shape index (κ2) is 7.93. The average Bonchev–Trinajstić information content (AvgIpc) is 3.17. The number of Topliss-reactive ketones (excluding diaryl/α,β-unsaturated/α-hetero) is 1. The zero-order valence-corrected chi connectivity index (χ0v) is 18.7. The Morgan fingerprint density at radius 2 is 1.81 bits per heavy atom. The van der Waals surface area contributed by atoms with Gasteiger partial charge in [-0.05, 0) is 43.3 Å². The summed E-state index contributed by atoms with van der Waals surface area (Å²) in [7, 11) is 0. The zero-order chi connectivity index (χ0) is 22.5. The fourth-order valence-electron chi connectivity index (χ4n) is 5.02. The molecule has 3 aliphatic heterocycles. The first kappa shape index (κ1) is 21.0. The van der Waals surface area contributed by atoms with Gasteiger partial charge in [-0.25, -0.2) is 0 Å². The fourth-order valence-corrected chi connectivity index (χ4v) is 5.15. The van der Waals surface area contributed by atoms with Crippen molar-refractivity contribution < 1.29 is 19.1 Å². The van der Waals surface area contributed by atoms with Crippen LogP contribution in [0.1, 0.15) is 41.6 Å². The van der Waals surface area contributed by atoms with Crippen molar-refractivity contribution in [1.82, 2.24) is 4.90 Å². The molecule has 1 spiro atoms. The van der Waals surface area contributed by atoms with Crippen LogP contribution in [0.25, 0.3) is 0 Å². The maximum atomic E-state index is 13.2. The number of benzene rings is 2. The lowest BCUT2D eigenvalue weighted by Gasteiger charge is -2.44. The van der Waals surface area contributed by atoms with Crippen LogP contribution in [0.2, 0.25) is 5.02 Å². The van der Waals surface area contributed by atoms with E-state index in [2.05, 4.69) is 0 Å². The first-order valence-corrected chi connectivity index (χ1v) is 11.4. The van der Waals surface area contributed by atoms with Crippen LogP contribution in [-0.2, 0) is 9.59 Å². The normalized spacial score (nSPS) is 22.1. The molecule has 1 unspecified atom stereocenters. The van der Waals surface area contributed by atoms with E-state index in [0.717, 1.165) is 11.3 Å². The third kappa shape index (κ3) is 3.77. The van der Waals surface area contributed by atoms with E-state index in [1.54, 1.807) is 29.2 Å². The summed E-state index contributed by atoms with van der Waals surface area (Å²) in [4.78, 5) is 41.9. The van der Waals surface area contributed by atoms with Crippen LogP contribution < -0.4 is 9.64 Å². The van der Waals surface area contributed by atoms with Gasteiger partial charge in [-0.2, -0.15) is 0 Å². The summed E-state index contributed by atoms with van der Waals surface area (Å²) in [5.41, 5.74) is 1.91. The van der Waals surface area contributed by atoms with E-state index in [9.17, 15) is 14.4 Å². The molecule has 0 N–H and O–H groups in total. The minimum absolute atomic E-state index is 0.00262. The highest BCUT2D eigenvalue weighted by Gasteiger charge is 2.45. The lowest BCUT2D eigenvalue weighted by molar-refractivity contribution is -0.139. The summed E-state index contributed by atoms with van der Waals surface area (Å²) >= 11 is 5.95. The molecule has 6 nitrogen and oxygen atoms in total. The number of aryl methyl sites for hydroxylation is 1. The van der Waals surface area contributed by atoms with Crippen molar-refractivity contribution in [2.45, 2.75) is 38.2 Å². The number of rotatable bonds is 2. The molecule has 2 saturated heterocycles. The second-order valence-corrected chi connectivity index (χ2v) is 9.53. The predicted molar refractivity (Wildman–Crippen MR) is 121 cm³/mol. The third-order valence-corrected chi connectivity index (χ3v) is 7.10. The molecule has 1 atom stereocenters. The summed E-state index contributed by atoms with van der Waals surface area (Å²) in [6.45, 7) is 3.39. The highest BCUT2D eigenvalue weighted by atomic mass is 35.5. The first-order chi connectivity index (χ1) is 15.3. The molecule has 2 aromatic rings. The predicted octanol–water partition coefficient (Wildman–Crippen LogP) is 4.03. The number of piperidine rings is 1. The Labute approximate surface area is 192 Å². The zero-order valence-electron chi connectivity index (χ0n) is 18.0. The summed E-state index contributed by atoms with van der Waals surface area (Å²) in [6, 6.07) is 12.8. The van der Waals surface area contributed by atoms with Gasteiger partial charge in [0.15, 0.2) is 5.78 Å². The molecule has 0 aliphatic carbocycles. The summed E-state index contributed by atoms with van der Waals surface area (Å²) in [6.07, 6.45) is 1.78. The number of anilines is 1. The van der Waals surface area contributed by atoms with Crippen LogP contribution in [0, 0.1) is 12.8 Å². The van der Waals surface area contributed by atoms with Gasteiger partial charge >= 0.3 is 0 Å². The molecule has 2 fully saturated rings. The van der Waals surface area contributed by atoms with Crippen molar-refractivity contribution in [2.75, 3.05) is 24.5 Å². The van der Waals surface area contributed by atoms with E-state index in [-0.39, 0.29) is 29.9 Å². The number of halogens is 1. The Balaban J connectivity index is 1.23. The number of hydrogen-bond acceptors (Lipinski definition) is 4. The molecule has 0 bridgehead atoms. The van der Waals surface area contributed by atoms with Crippen molar-refractivity contribution in [3.8, 4) is 5.75 Å². The number of fused-ring (bicyclic) bond motifs is 1. The maximum Gasteiger partial charge on any atom is 0.228 e. The number of ketones is 1. The Bertz CT molecular complexity index is 1090. The molecule has 0 saturated carbocycles. The van der Waals surface area contributed by atoms with Gasteiger partial charge < -0.3 is 14.5 Å². The fraction of sp³-hybridized carbons (Fsp3) is 0.400. The molecule has 7 heteroatoms. The quantitative estimate of drug-likeness (QED) is 0.690. The van der Waals surface area contributed by atoms with Crippen LogP contribution in [0.4, 0.5) is 5.69 Å². The molecule has 2 amide bonds. The minimum Gasteiger partial charge on any atom is -0.486 e. The summed E-state index contributed by atoms with van der Waals surface area (Å²) in [5.74, 6) is 0.348. The lowest BCUT2D eigenvalue weighted by Crippen LogP contribution is -2.53. The van der Waals surface area contributed by atoms with Crippen LogP contribution in [0.15, 0.2) is 42.5 Å². The molecule has 3 aliphatic rings.